The van der Waals surface area contributed by atoms with Crippen molar-refractivity contribution in [2.24, 2.45) is 0 Å². The van der Waals surface area contributed by atoms with Crippen LogP contribution in [0.3, 0.4) is 0 Å². The molecule has 0 N–H and O–H groups in total. The van der Waals surface area contributed by atoms with Gasteiger partial charge in [0.25, 0.3) is 0 Å². The minimum atomic E-state index is 0.0393. The molecule has 0 aliphatic rings. The minimum Gasteiger partial charge on any atom is -0.463 e. The predicted molar refractivity (Wildman–Crippen MR) is 70.5 cm³/mol. The largest absolute Gasteiger partial charge is 0.463 e. The SMILES string of the molecule is Cc1ccc2occ(-c3cccs3)c(=O)c2c1. The zero-order valence-electron chi connectivity index (χ0n) is 9.27. The molecule has 3 aromatic rings. The summed E-state index contributed by atoms with van der Waals surface area (Å²) >= 11 is 1.54. The van der Waals surface area contributed by atoms with E-state index in [-0.39, 0.29) is 5.43 Å². The molecular formula is C14H10O2S. The van der Waals surface area contributed by atoms with E-state index in [0.717, 1.165) is 10.4 Å². The van der Waals surface area contributed by atoms with Crippen molar-refractivity contribution in [3.8, 4) is 10.4 Å². The highest BCUT2D eigenvalue weighted by Gasteiger charge is 2.09. The summed E-state index contributed by atoms with van der Waals surface area (Å²) in [5, 5.41) is 2.60. The van der Waals surface area contributed by atoms with E-state index in [1.807, 2.05) is 42.6 Å². The Bertz CT molecular complexity index is 724. The van der Waals surface area contributed by atoms with Gasteiger partial charge in [0.1, 0.15) is 11.8 Å². The van der Waals surface area contributed by atoms with Gasteiger partial charge in [-0.2, -0.15) is 0 Å². The number of fused-ring (bicyclic) bond motifs is 1. The summed E-state index contributed by atoms with van der Waals surface area (Å²) in [7, 11) is 0. The average molecular weight is 242 g/mol. The van der Waals surface area contributed by atoms with Gasteiger partial charge in [-0.25, -0.2) is 0 Å². The Balaban J connectivity index is 2.36. The normalized spacial score (nSPS) is 10.9. The van der Waals surface area contributed by atoms with Gasteiger partial charge < -0.3 is 4.42 Å². The molecule has 84 valence electrons. The number of hydrogen-bond donors (Lipinski definition) is 0. The Labute approximate surface area is 102 Å². The molecule has 0 fully saturated rings. The van der Waals surface area contributed by atoms with Crippen molar-refractivity contribution in [3.05, 3.63) is 57.8 Å². The molecule has 0 aliphatic carbocycles. The smallest absolute Gasteiger partial charge is 0.201 e. The standard InChI is InChI=1S/C14H10O2S/c1-9-4-5-12-10(7-9)14(15)11(8-16-12)13-3-2-6-17-13/h2-8H,1H3. The molecule has 2 nitrogen and oxygen atoms in total. The Morgan fingerprint density at radius 3 is 2.88 bits per heavy atom. The van der Waals surface area contributed by atoms with Crippen molar-refractivity contribution in [1.29, 1.82) is 0 Å². The molecule has 0 aliphatic heterocycles. The molecule has 0 atom stereocenters. The Morgan fingerprint density at radius 1 is 1.24 bits per heavy atom. The number of benzene rings is 1. The second-order valence-electron chi connectivity index (χ2n) is 3.96. The lowest BCUT2D eigenvalue weighted by Gasteiger charge is -2.01. The van der Waals surface area contributed by atoms with E-state index in [2.05, 4.69) is 0 Å². The van der Waals surface area contributed by atoms with Crippen LogP contribution in [0.1, 0.15) is 5.56 Å². The van der Waals surface area contributed by atoms with E-state index < -0.39 is 0 Å². The fraction of sp³-hybridized carbons (Fsp3) is 0.0714. The van der Waals surface area contributed by atoms with E-state index in [0.29, 0.717) is 16.5 Å². The van der Waals surface area contributed by atoms with Crippen LogP contribution in [0.2, 0.25) is 0 Å². The molecule has 3 rings (SSSR count). The summed E-state index contributed by atoms with van der Waals surface area (Å²) in [5.74, 6) is 0. The average Bonchev–Trinajstić information content (AvgIpc) is 2.84. The van der Waals surface area contributed by atoms with Gasteiger partial charge in [-0.15, -0.1) is 11.3 Å². The van der Waals surface area contributed by atoms with Crippen LogP contribution in [-0.4, -0.2) is 0 Å². The third-order valence-electron chi connectivity index (χ3n) is 2.71. The summed E-state index contributed by atoms with van der Waals surface area (Å²) in [5.41, 5.74) is 2.38. The van der Waals surface area contributed by atoms with Crippen molar-refractivity contribution in [2.45, 2.75) is 6.92 Å². The second kappa shape index (κ2) is 3.86. The second-order valence-corrected chi connectivity index (χ2v) is 4.90. The van der Waals surface area contributed by atoms with Crippen LogP contribution in [0, 0.1) is 6.92 Å². The molecule has 0 radical (unpaired) electrons. The number of rotatable bonds is 1. The zero-order chi connectivity index (χ0) is 11.8. The first-order valence-corrected chi connectivity index (χ1v) is 6.20. The van der Waals surface area contributed by atoms with Gasteiger partial charge in [-0.1, -0.05) is 17.7 Å². The Kier molecular flexibility index (Phi) is 2.34. The molecule has 0 unspecified atom stereocenters. The molecule has 2 heterocycles. The molecule has 1 aromatic carbocycles. The highest BCUT2D eigenvalue weighted by atomic mass is 32.1. The molecule has 0 bridgehead atoms. The van der Waals surface area contributed by atoms with Crippen molar-refractivity contribution >= 4 is 22.3 Å². The highest BCUT2D eigenvalue weighted by molar-refractivity contribution is 7.13. The van der Waals surface area contributed by atoms with Gasteiger partial charge in [0.05, 0.1) is 10.9 Å². The van der Waals surface area contributed by atoms with E-state index in [1.54, 1.807) is 17.6 Å². The monoisotopic (exact) mass is 242 g/mol. The molecule has 17 heavy (non-hydrogen) atoms. The lowest BCUT2D eigenvalue weighted by molar-refractivity contribution is 0.604. The molecule has 3 heteroatoms. The van der Waals surface area contributed by atoms with E-state index in [9.17, 15) is 4.79 Å². The molecule has 0 amide bonds. The van der Waals surface area contributed by atoms with Crippen molar-refractivity contribution in [2.75, 3.05) is 0 Å². The summed E-state index contributed by atoms with van der Waals surface area (Å²) in [6, 6.07) is 9.51. The zero-order valence-corrected chi connectivity index (χ0v) is 10.1. The van der Waals surface area contributed by atoms with Crippen LogP contribution in [-0.2, 0) is 0 Å². The molecule has 0 saturated heterocycles. The van der Waals surface area contributed by atoms with Crippen LogP contribution in [0.5, 0.6) is 0 Å². The van der Waals surface area contributed by atoms with Crippen molar-refractivity contribution < 1.29 is 4.42 Å². The number of thiophene rings is 1. The van der Waals surface area contributed by atoms with Crippen LogP contribution >= 0.6 is 11.3 Å². The molecule has 0 saturated carbocycles. The maximum absolute atomic E-state index is 12.3. The number of aryl methyl sites for hydroxylation is 1. The van der Waals surface area contributed by atoms with E-state index in [1.165, 1.54) is 0 Å². The van der Waals surface area contributed by atoms with Gasteiger partial charge in [0.15, 0.2) is 0 Å². The van der Waals surface area contributed by atoms with E-state index >= 15 is 0 Å². The minimum absolute atomic E-state index is 0.0393. The van der Waals surface area contributed by atoms with Crippen molar-refractivity contribution in [1.82, 2.24) is 0 Å². The van der Waals surface area contributed by atoms with Crippen LogP contribution in [0.25, 0.3) is 21.4 Å². The highest BCUT2D eigenvalue weighted by Crippen LogP contribution is 2.24. The first kappa shape index (κ1) is 10.3. The lowest BCUT2D eigenvalue weighted by atomic mass is 10.1. The van der Waals surface area contributed by atoms with Crippen molar-refractivity contribution in [3.63, 3.8) is 0 Å². The lowest BCUT2D eigenvalue weighted by Crippen LogP contribution is -2.03. The van der Waals surface area contributed by atoms with Gasteiger partial charge in [0, 0.05) is 4.88 Å². The van der Waals surface area contributed by atoms with Crippen LogP contribution < -0.4 is 5.43 Å². The summed E-state index contributed by atoms with van der Waals surface area (Å²) in [6.45, 7) is 1.97. The fourth-order valence-corrected chi connectivity index (χ4v) is 2.58. The Hall–Kier alpha value is -1.87. The predicted octanol–water partition coefficient (Wildman–Crippen LogP) is 3.83. The Morgan fingerprint density at radius 2 is 2.12 bits per heavy atom. The van der Waals surface area contributed by atoms with Gasteiger partial charge in [-0.3, -0.25) is 4.79 Å². The van der Waals surface area contributed by atoms with Gasteiger partial charge in [-0.05, 0) is 30.5 Å². The fourth-order valence-electron chi connectivity index (χ4n) is 1.85. The van der Waals surface area contributed by atoms with Gasteiger partial charge in [0.2, 0.25) is 5.43 Å². The maximum atomic E-state index is 12.3. The van der Waals surface area contributed by atoms with E-state index in [4.69, 9.17) is 4.42 Å². The third-order valence-corrected chi connectivity index (χ3v) is 3.62. The first-order valence-electron chi connectivity index (χ1n) is 5.32. The van der Waals surface area contributed by atoms with Crippen LogP contribution in [0.4, 0.5) is 0 Å². The van der Waals surface area contributed by atoms with Gasteiger partial charge >= 0.3 is 0 Å². The topological polar surface area (TPSA) is 30.2 Å². The molecule has 0 spiro atoms. The molecule has 2 aromatic heterocycles. The quantitative estimate of drug-likeness (QED) is 0.649. The first-order chi connectivity index (χ1) is 8.25. The summed E-state index contributed by atoms with van der Waals surface area (Å²) in [4.78, 5) is 13.3. The summed E-state index contributed by atoms with van der Waals surface area (Å²) in [6.07, 6.45) is 1.55. The third kappa shape index (κ3) is 1.68. The maximum Gasteiger partial charge on any atom is 0.201 e. The molecular weight excluding hydrogens is 232 g/mol. The number of hydrogen-bond acceptors (Lipinski definition) is 3. The summed E-state index contributed by atoms with van der Waals surface area (Å²) < 4.78 is 5.51. The van der Waals surface area contributed by atoms with Crippen LogP contribution in [0.15, 0.2) is 51.2 Å².